The normalized spacial score (nSPS) is 10.2. The number of carbonyl (C=O) groups excluding carboxylic acids is 2. The second kappa shape index (κ2) is 8.83. The Hall–Kier alpha value is -3.94. The third-order valence-electron chi connectivity index (χ3n) is 4.02. The molecule has 29 heavy (non-hydrogen) atoms. The van der Waals surface area contributed by atoms with E-state index < -0.39 is 11.9 Å². The Bertz CT molecular complexity index is 1050. The fourth-order valence-electron chi connectivity index (χ4n) is 2.70. The SMILES string of the molecule is COC(=O)c1ccccc1Nc1cc(C(=O)Nc2ccccc2OC)nc(C)n1. The number of esters is 1. The first-order chi connectivity index (χ1) is 14.0. The first-order valence-electron chi connectivity index (χ1n) is 8.76. The highest BCUT2D eigenvalue weighted by atomic mass is 16.5. The zero-order chi connectivity index (χ0) is 20.8. The molecule has 1 aromatic heterocycles. The minimum absolute atomic E-state index is 0.168. The molecular formula is C21H20N4O4. The maximum Gasteiger partial charge on any atom is 0.339 e. The van der Waals surface area contributed by atoms with E-state index in [2.05, 4.69) is 20.6 Å². The molecule has 0 radical (unpaired) electrons. The van der Waals surface area contributed by atoms with Crippen LogP contribution in [-0.4, -0.2) is 36.1 Å². The molecule has 0 saturated carbocycles. The number of ether oxygens (including phenoxy) is 2. The molecule has 0 aliphatic carbocycles. The number of carbonyl (C=O) groups is 2. The molecule has 1 heterocycles. The van der Waals surface area contributed by atoms with E-state index in [1.807, 2.05) is 6.07 Å². The van der Waals surface area contributed by atoms with Gasteiger partial charge in [0.25, 0.3) is 5.91 Å². The van der Waals surface area contributed by atoms with Gasteiger partial charge in [0.1, 0.15) is 23.1 Å². The number of aromatic nitrogens is 2. The van der Waals surface area contributed by atoms with Gasteiger partial charge >= 0.3 is 5.97 Å². The molecule has 0 spiro atoms. The first-order valence-corrected chi connectivity index (χ1v) is 8.76. The van der Waals surface area contributed by atoms with E-state index in [-0.39, 0.29) is 5.69 Å². The van der Waals surface area contributed by atoms with Gasteiger partial charge in [-0.1, -0.05) is 24.3 Å². The summed E-state index contributed by atoms with van der Waals surface area (Å²) in [6.45, 7) is 1.68. The molecule has 0 atom stereocenters. The van der Waals surface area contributed by atoms with E-state index in [0.29, 0.717) is 34.3 Å². The molecule has 1 amide bonds. The number of benzene rings is 2. The molecule has 0 unspecified atom stereocenters. The fourth-order valence-corrected chi connectivity index (χ4v) is 2.70. The van der Waals surface area contributed by atoms with Crippen molar-refractivity contribution in [3.8, 4) is 5.75 Å². The standard InChI is InChI=1S/C21H20N4O4/c1-13-22-17(20(26)25-16-10-6-7-11-18(16)28-2)12-19(23-13)24-15-9-5-4-8-14(15)21(27)29-3/h4-12H,1-3H3,(H,25,26)(H,22,23,24). The van der Waals surface area contributed by atoms with Crippen molar-refractivity contribution in [2.75, 3.05) is 24.9 Å². The van der Waals surface area contributed by atoms with Gasteiger partial charge in [-0.15, -0.1) is 0 Å². The molecule has 0 saturated heterocycles. The highest BCUT2D eigenvalue weighted by molar-refractivity contribution is 6.04. The van der Waals surface area contributed by atoms with Crippen molar-refractivity contribution in [2.45, 2.75) is 6.92 Å². The maximum absolute atomic E-state index is 12.7. The predicted octanol–water partition coefficient (Wildman–Crippen LogP) is 3.58. The van der Waals surface area contributed by atoms with Crippen LogP contribution in [0.5, 0.6) is 5.75 Å². The van der Waals surface area contributed by atoms with Crippen LogP contribution in [0.4, 0.5) is 17.2 Å². The topological polar surface area (TPSA) is 102 Å². The Morgan fingerprint density at radius 3 is 2.34 bits per heavy atom. The molecule has 8 nitrogen and oxygen atoms in total. The quantitative estimate of drug-likeness (QED) is 0.618. The van der Waals surface area contributed by atoms with Crippen molar-refractivity contribution >= 4 is 29.1 Å². The number of hydrogen-bond acceptors (Lipinski definition) is 7. The van der Waals surface area contributed by atoms with Gasteiger partial charge in [0, 0.05) is 6.07 Å². The Morgan fingerprint density at radius 2 is 1.62 bits per heavy atom. The van der Waals surface area contributed by atoms with Crippen LogP contribution < -0.4 is 15.4 Å². The van der Waals surface area contributed by atoms with Gasteiger partial charge in [-0.25, -0.2) is 14.8 Å². The average Bonchev–Trinajstić information content (AvgIpc) is 2.73. The summed E-state index contributed by atoms with van der Waals surface area (Å²) in [6, 6.07) is 15.5. The second-order valence-electron chi connectivity index (χ2n) is 6.00. The summed E-state index contributed by atoms with van der Waals surface area (Å²) in [7, 11) is 2.84. The summed E-state index contributed by atoms with van der Waals surface area (Å²) in [4.78, 5) is 33.2. The predicted molar refractivity (Wildman–Crippen MR) is 109 cm³/mol. The highest BCUT2D eigenvalue weighted by Gasteiger charge is 2.15. The number of methoxy groups -OCH3 is 2. The average molecular weight is 392 g/mol. The number of rotatable bonds is 6. The van der Waals surface area contributed by atoms with Crippen LogP contribution in [0.2, 0.25) is 0 Å². The van der Waals surface area contributed by atoms with Crippen LogP contribution in [0.3, 0.4) is 0 Å². The van der Waals surface area contributed by atoms with Gasteiger partial charge in [0.2, 0.25) is 0 Å². The van der Waals surface area contributed by atoms with Gasteiger partial charge in [-0.3, -0.25) is 4.79 Å². The van der Waals surface area contributed by atoms with Crippen LogP contribution in [0.1, 0.15) is 26.7 Å². The smallest absolute Gasteiger partial charge is 0.339 e. The van der Waals surface area contributed by atoms with Gasteiger partial charge < -0.3 is 20.1 Å². The zero-order valence-corrected chi connectivity index (χ0v) is 16.2. The summed E-state index contributed by atoms with van der Waals surface area (Å²) in [6.07, 6.45) is 0. The van der Waals surface area contributed by atoms with Gasteiger partial charge in [-0.2, -0.15) is 0 Å². The van der Waals surface area contributed by atoms with Crippen molar-refractivity contribution < 1.29 is 19.1 Å². The molecule has 0 aliphatic rings. The lowest BCUT2D eigenvalue weighted by Gasteiger charge is -2.12. The van der Waals surface area contributed by atoms with E-state index in [0.717, 1.165) is 0 Å². The molecule has 3 aromatic rings. The molecule has 148 valence electrons. The number of anilines is 3. The summed E-state index contributed by atoms with van der Waals surface area (Å²) >= 11 is 0. The zero-order valence-electron chi connectivity index (χ0n) is 16.2. The number of nitrogens with one attached hydrogen (secondary N) is 2. The van der Waals surface area contributed by atoms with Gasteiger partial charge in [-0.05, 0) is 31.2 Å². The number of hydrogen-bond donors (Lipinski definition) is 2. The van der Waals surface area contributed by atoms with Crippen molar-refractivity contribution in [3.05, 3.63) is 71.7 Å². The van der Waals surface area contributed by atoms with Crippen molar-refractivity contribution in [3.63, 3.8) is 0 Å². The summed E-state index contributed by atoms with van der Waals surface area (Å²) in [5.41, 5.74) is 1.56. The Morgan fingerprint density at radius 1 is 0.931 bits per heavy atom. The number of nitrogens with zero attached hydrogens (tertiary/aromatic N) is 2. The molecule has 8 heteroatoms. The molecular weight excluding hydrogens is 372 g/mol. The molecule has 2 N–H and O–H groups in total. The summed E-state index contributed by atoms with van der Waals surface area (Å²) in [5, 5.41) is 5.83. The molecule has 0 fully saturated rings. The van der Waals surface area contributed by atoms with Crippen LogP contribution in [0.25, 0.3) is 0 Å². The third-order valence-corrected chi connectivity index (χ3v) is 4.02. The van der Waals surface area contributed by atoms with Crippen LogP contribution in [0, 0.1) is 6.92 Å². The lowest BCUT2D eigenvalue weighted by Crippen LogP contribution is -2.16. The lowest BCUT2D eigenvalue weighted by molar-refractivity contribution is 0.0601. The van der Waals surface area contributed by atoms with E-state index in [4.69, 9.17) is 9.47 Å². The summed E-state index contributed by atoms with van der Waals surface area (Å²) in [5.74, 6) is 0.420. The first kappa shape index (κ1) is 19.8. The maximum atomic E-state index is 12.7. The fraction of sp³-hybridized carbons (Fsp3) is 0.143. The van der Waals surface area contributed by atoms with E-state index in [1.54, 1.807) is 49.4 Å². The molecule has 2 aromatic carbocycles. The molecule has 0 aliphatic heterocycles. The largest absolute Gasteiger partial charge is 0.495 e. The lowest BCUT2D eigenvalue weighted by atomic mass is 10.2. The second-order valence-corrected chi connectivity index (χ2v) is 6.00. The molecule has 0 bridgehead atoms. The van der Waals surface area contributed by atoms with Crippen LogP contribution in [-0.2, 0) is 4.74 Å². The van der Waals surface area contributed by atoms with Gasteiger partial charge in [0.05, 0.1) is 31.2 Å². The third kappa shape index (κ3) is 4.67. The van der Waals surface area contributed by atoms with Crippen LogP contribution in [0.15, 0.2) is 54.6 Å². The minimum atomic E-state index is -0.479. The monoisotopic (exact) mass is 392 g/mol. The van der Waals surface area contributed by atoms with Crippen molar-refractivity contribution in [1.29, 1.82) is 0 Å². The molecule has 3 rings (SSSR count). The van der Waals surface area contributed by atoms with E-state index in [9.17, 15) is 9.59 Å². The van der Waals surface area contributed by atoms with Crippen molar-refractivity contribution in [2.24, 2.45) is 0 Å². The van der Waals surface area contributed by atoms with Gasteiger partial charge in [0.15, 0.2) is 0 Å². The van der Waals surface area contributed by atoms with Crippen molar-refractivity contribution in [1.82, 2.24) is 9.97 Å². The van der Waals surface area contributed by atoms with Crippen LogP contribution >= 0.6 is 0 Å². The number of para-hydroxylation sites is 3. The number of aryl methyl sites for hydroxylation is 1. The van der Waals surface area contributed by atoms with E-state index in [1.165, 1.54) is 20.3 Å². The Labute approximate surface area is 167 Å². The number of amides is 1. The van der Waals surface area contributed by atoms with E-state index >= 15 is 0 Å². The highest BCUT2D eigenvalue weighted by Crippen LogP contribution is 2.24. The Kier molecular flexibility index (Phi) is 6.03. The summed E-state index contributed by atoms with van der Waals surface area (Å²) < 4.78 is 10.1. The minimum Gasteiger partial charge on any atom is -0.495 e. The Balaban J connectivity index is 1.87.